The van der Waals surface area contributed by atoms with Crippen LogP contribution >= 0.6 is 11.8 Å². The number of hydrogen-bond donors (Lipinski definition) is 2. The van der Waals surface area contributed by atoms with Gasteiger partial charge in [0.15, 0.2) is 0 Å². The van der Waals surface area contributed by atoms with E-state index >= 15 is 0 Å². The molecule has 0 spiro atoms. The Morgan fingerprint density at radius 2 is 2.24 bits per heavy atom. The van der Waals surface area contributed by atoms with Crippen LogP contribution < -0.4 is 5.32 Å². The number of urea groups is 1. The molecule has 116 valence electrons. The monoisotopic (exact) mass is 308 g/mol. The number of carbonyl (C=O) groups excluding carboxylic acids is 1. The molecular weight excluding hydrogens is 284 g/mol. The molecule has 1 aliphatic heterocycles. The summed E-state index contributed by atoms with van der Waals surface area (Å²) >= 11 is 1.75. The highest BCUT2D eigenvalue weighted by Crippen LogP contribution is 2.30. The SMILES string of the molecule is CC(C)Sc1ccccc1NC(=O)N1CCCC(CO)C1. The summed E-state index contributed by atoms with van der Waals surface area (Å²) in [4.78, 5) is 15.3. The lowest BCUT2D eigenvalue weighted by Crippen LogP contribution is -2.43. The molecule has 0 saturated carbocycles. The number of thioether (sulfide) groups is 1. The predicted octanol–water partition coefficient (Wildman–Crippen LogP) is 3.42. The van der Waals surface area contributed by atoms with E-state index < -0.39 is 0 Å². The van der Waals surface area contributed by atoms with Crippen molar-refractivity contribution in [3.63, 3.8) is 0 Å². The molecule has 0 aromatic heterocycles. The van der Waals surface area contributed by atoms with Crippen molar-refractivity contribution in [2.75, 3.05) is 25.0 Å². The van der Waals surface area contributed by atoms with E-state index in [1.165, 1.54) is 0 Å². The maximum Gasteiger partial charge on any atom is 0.321 e. The number of carbonyl (C=O) groups is 1. The van der Waals surface area contributed by atoms with Crippen molar-refractivity contribution in [2.24, 2.45) is 5.92 Å². The van der Waals surface area contributed by atoms with Gasteiger partial charge in [0.2, 0.25) is 0 Å². The number of hydrogen-bond acceptors (Lipinski definition) is 3. The highest BCUT2D eigenvalue weighted by molar-refractivity contribution is 8.00. The second kappa shape index (κ2) is 7.71. The normalized spacial score (nSPS) is 18.9. The van der Waals surface area contributed by atoms with Gasteiger partial charge in [0.25, 0.3) is 0 Å². The first-order chi connectivity index (χ1) is 10.1. The van der Waals surface area contributed by atoms with E-state index in [2.05, 4.69) is 19.2 Å². The number of aliphatic hydroxyl groups excluding tert-OH is 1. The third-order valence-electron chi connectivity index (χ3n) is 3.56. The van der Waals surface area contributed by atoms with Gasteiger partial charge in [-0.05, 0) is 30.9 Å². The molecule has 5 heteroatoms. The topological polar surface area (TPSA) is 52.6 Å². The fourth-order valence-corrected chi connectivity index (χ4v) is 3.43. The largest absolute Gasteiger partial charge is 0.396 e. The Balaban J connectivity index is 2.02. The van der Waals surface area contributed by atoms with E-state index in [1.807, 2.05) is 24.3 Å². The van der Waals surface area contributed by atoms with Gasteiger partial charge in [0.1, 0.15) is 0 Å². The van der Waals surface area contributed by atoms with Gasteiger partial charge in [-0.25, -0.2) is 4.79 Å². The Bertz CT molecular complexity index is 479. The number of amides is 2. The third kappa shape index (κ3) is 4.64. The molecule has 0 bridgehead atoms. The Morgan fingerprint density at radius 1 is 1.48 bits per heavy atom. The van der Waals surface area contributed by atoms with Crippen molar-refractivity contribution in [3.05, 3.63) is 24.3 Å². The van der Waals surface area contributed by atoms with Crippen molar-refractivity contribution < 1.29 is 9.90 Å². The molecule has 4 nitrogen and oxygen atoms in total. The quantitative estimate of drug-likeness (QED) is 0.838. The van der Waals surface area contributed by atoms with Crippen LogP contribution in [0.25, 0.3) is 0 Å². The maximum atomic E-state index is 12.4. The highest BCUT2D eigenvalue weighted by atomic mass is 32.2. The van der Waals surface area contributed by atoms with Crippen molar-refractivity contribution in [3.8, 4) is 0 Å². The minimum atomic E-state index is -0.0649. The molecule has 2 amide bonds. The molecule has 1 atom stereocenters. The zero-order valence-corrected chi connectivity index (χ0v) is 13.5. The van der Waals surface area contributed by atoms with Gasteiger partial charge in [-0.1, -0.05) is 26.0 Å². The van der Waals surface area contributed by atoms with Gasteiger partial charge in [0, 0.05) is 29.8 Å². The summed E-state index contributed by atoms with van der Waals surface area (Å²) in [6.45, 7) is 5.84. The number of para-hydroxylation sites is 1. The Hall–Kier alpha value is -1.20. The minimum absolute atomic E-state index is 0.0649. The number of nitrogens with zero attached hydrogens (tertiary/aromatic N) is 1. The van der Waals surface area contributed by atoms with Crippen LogP contribution in [0, 0.1) is 5.92 Å². The van der Waals surface area contributed by atoms with Crippen molar-refractivity contribution in [2.45, 2.75) is 36.8 Å². The number of piperidine rings is 1. The standard InChI is InChI=1S/C16H24N2O2S/c1-12(2)21-15-8-4-3-7-14(15)17-16(20)18-9-5-6-13(10-18)11-19/h3-4,7-8,12-13,19H,5-6,9-11H2,1-2H3,(H,17,20). The molecule has 21 heavy (non-hydrogen) atoms. The van der Waals surface area contributed by atoms with Crippen molar-refractivity contribution >= 4 is 23.5 Å². The van der Waals surface area contributed by atoms with Gasteiger partial charge in [-0.3, -0.25) is 0 Å². The molecule has 2 N–H and O–H groups in total. The van der Waals surface area contributed by atoms with Crippen LogP contribution in [-0.2, 0) is 0 Å². The molecule has 1 fully saturated rings. The number of rotatable bonds is 4. The number of aliphatic hydroxyl groups is 1. The number of nitrogens with one attached hydrogen (secondary N) is 1. The third-order valence-corrected chi connectivity index (χ3v) is 4.64. The van der Waals surface area contributed by atoms with Crippen LogP contribution in [0.2, 0.25) is 0 Å². The lowest BCUT2D eigenvalue weighted by atomic mass is 9.99. The molecule has 1 aromatic rings. The van der Waals surface area contributed by atoms with E-state index in [9.17, 15) is 9.90 Å². The lowest BCUT2D eigenvalue weighted by Gasteiger charge is -2.32. The summed E-state index contributed by atoms with van der Waals surface area (Å²) in [6, 6.07) is 7.84. The second-order valence-corrected chi connectivity index (χ2v) is 7.35. The summed E-state index contributed by atoms with van der Waals surface area (Å²) in [5.74, 6) is 0.213. The van der Waals surface area contributed by atoms with Gasteiger partial charge >= 0.3 is 6.03 Å². The Kier molecular flexibility index (Phi) is 5.94. The first kappa shape index (κ1) is 16.2. The summed E-state index contributed by atoms with van der Waals surface area (Å²) in [5.41, 5.74) is 0.868. The number of likely N-dealkylation sites (tertiary alicyclic amines) is 1. The Labute approximate surface area is 130 Å². The summed E-state index contributed by atoms with van der Waals surface area (Å²) in [6.07, 6.45) is 1.96. The average molecular weight is 308 g/mol. The van der Waals surface area contributed by atoms with E-state index in [4.69, 9.17) is 0 Å². The fourth-order valence-electron chi connectivity index (χ4n) is 2.52. The first-order valence-electron chi connectivity index (χ1n) is 7.52. The fraction of sp³-hybridized carbons (Fsp3) is 0.562. The molecule has 0 aliphatic carbocycles. The van der Waals surface area contributed by atoms with E-state index in [0.717, 1.165) is 30.0 Å². The highest BCUT2D eigenvalue weighted by Gasteiger charge is 2.23. The van der Waals surface area contributed by atoms with Crippen molar-refractivity contribution in [1.29, 1.82) is 0 Å². The molecule has 1 heterocycles. The van der Waals surface area contributed by atoms with Crippen LogP contribution in [0.4, 0.5) is 10.5 Å². The molecule has 1 aromatic carbocycles. The van der Waals surface area contributed by atoms with E-state index in [0.29, 0.717) is 11.8 Å². The Morgan fingerprint density at radius 3 is 2.95 bits per heavy atom. The predicted molar refractivity (Wildman–Crippen MR) is 87.8 cm³/mol. The molecular formula is C16H24N2O2S. The second-order valence-electron chi connectivity index (χ2n) is 5.73. The first-order valence-corrected chi connectivity index (χ1v) is 8.40. The maximum absolute atomic E-state index is 12.4. The molecule has 1 unspecified atom stereocenters. The summed E-state index contributed by atoms with van der Waals surface area (Å²) < 4.78 is 0. The molecule has 1 aliphatic rings. The zero-order valence-electron chi connectivity index (χ0n) is 12.7. The van der Waals surface area contributed by atoms with Crippen molar-refractivity contribution in [1.82, 2.24) is 4.90 Å². The van der Waals surface area contributed by atoms with Crippen LogP contribution in [0.3, 0.4) is 0 Å². The van der Waals surface area contributed by atoms with Crippen LogP contribution in [-0.4, -0.2) is 41.0 Å². The van der Waals surface area contributed by atoms with E-state index in [-0.39, 0.29) is 18.6 Å². The lowest BCUT2D eigenvalue weighted by molar-refractivity contribution is 0.136. The van der Waals surface area contributed by atoms with E-state index in [1.54, 1.807) is 16.7 Å². The van der Waals surface area contributed by atoms with Gasteiger partial charge in [-0.15, -0.1) is 11.8 Å². The minimum Gasteiger partial charge on any atom is -0.396 e. The van der Waals surface area contributed by atoms with Gasteiger partial charge in [0.05, 0.1) is 5.69 Å². The summed E-state index contributed by atoms with van der Waals surface area (Å²) in [7, 11) is 0. The summed E-state index contributed by atoms with van der Waals surface area (Å²) in [5, 5.41) is 12.7. The molecule has 1 saturated heterocycles. The number of anilines is 1. The zero-order chi connectivity index (χ0) is 15.2. The van der Waals surface area contributed by atoms with Crippen LogP contribution in [0.15, 0.2) is 29.2 Å². The molecule has 2 rings (SSSR count). The average Bonchev–Trinajstić information content (AvgIpc) is 2.48. The van der Waals surface area contributed by atoms with Crippen LogP contribution in [0.5, 0.6) is 0 Å². The number of benzene rings is 1. The van der Waals surface area contributed by atoms with Gasteiger partial charge < -0.3 is 15.3 Å². The molecule has 0 radical (unpaired) electrons. The van der Waals surface area contributed by atoms with Gasteiger partial charge in [-0.2, -0.15) is 0 Å². The smallest absolute Gasteiger partial charge is 0.321 e. The van der Waals surface area contributed by atoms with Crippen LogP contribution in [0.1, 0.15) is 26.7 Å².